The summed E-state index contributed by atoms with van der Waals surface area (Å²) in [5, 5.41) is 8.74. The van der Waals surface area contributed by atoms with Crippen LogP contribution in [0.5, 0.6) is 5.75 Å². The molecule has 0 aliphatic carbocycles. The fraction of sp³-hybridized carbons (Fsp3) is 0.158. The normalized spacial score (nSPS) is 13.6. The maximum absolute atomic E-state index is 12.6. The highest BCUT2D eigenvalue weighted by atomic mass is 79.9. The van der Waals surface area contributed by atoms with Crippen molar-refractivity contribution >= 4 is 55.5 Å². The Labute approximate surface area is 177 Å². The predicted octanol–water partition coefficient (Wildman–Crippen LogP) is 3.82. The summed E-state index contributed by atoms with van der Waals surface area (Å²) in [5.74, 6) is -1.18. The number of benzene rings is 2. The van der Waals surface area contributed by atoms with Gasteiger partial charge in [-0.15, -0.1) is 0 Å². The lowest BCUT2D eigenvalue weighted by Gasteiger charge is -2.13. The third-order valence-corrected chi connectivity index (χ3v) is 5.08. The molecule has 28 heavy (non-hydrogen) atoms. The molecule has 0 fully saturated rings. The SMILES string of the molecule is O=C(O)COc1c(Br)cc(CC2=NC(=O)N(Cc3ccccc3)C2=O)cc1Br. The maximum atomic E-state index is 12.6. The van der Waals surface area contributed by atoms with Crippen LogP contribution in [0.25, 0.3) is 0 Å². The van der Waals surface area contributed by atoms with Crippen molar-refractivity contribution in [1.29, 1.82) is 0 Å². The third-order valence-electron chi connectivity index (χ3n) is 3.91. The summed E-state index contributed by atoms with van der Waals surface area (Å²) >= 11 is 6.66. The Hall–Kier alpha value is -2.52. The fourth-order valence-corrected chi connectivity index (χ4v) is 4.18. The van der Waals surface area contributed by atoms with Gasteiger partial charge in [-0.1, -0.05) is 30.3 Å². The monoisotopic (exact) mass is 508 g/mol. The van der Waals surface area contributed by atoms with E-state index in [0.29, 0.717) is 20.3 Å². The molecule has 0 saturated heterocycles. The fourth-order valence-electron chi connectivity index (χ4n) is 2.67. The summed E-state index contributed by atoms with van der Waals surface area (Å²) in [6.45, 7) is -0.314. The number of hydrogen-bond donors (Lipinski definition) is 1. The first-order valence-electron chi connectivity index (χ1n) is 8.15. The van der Waals surface area contributed by atoms with Crippen LogP contribution in [-0.2, 0) is 22.6 Å². The van der Waals surface area contributed by atoms with Crippen LogP contribution in [0.4, 0.5) is 4.79 Å². The van der Waals surface area contributed by atoms with Crippen molar-refractivity contribution in [2.45, 2.75) is 13.0 Å². The molecule has 3 amide bonds. The minimum Gasteiger partial charge on any atom is -0.480 e. The van der Waals surface area contributed by atoms with E-state index in [9.17, 15) is 14.4 Å². The smallest absolute Gasteiger partial charge is 0.351 e. The van der Waals surface area contributed by atoms with E-state index in [-0.39, 0.29) is 18.7 Å². The van der Waals surface area contributed by atoms with Gasteiger partial charge in [0.05, 0.1) is 15.5 Å². The van der Waals surface area contributed by atoms with Crippen LogP contribution in [0.15, 0.2) is 56.4 Å². The number of carbonyl (C=O) groups excluding carboxylic acids is 2. The molecule has 0 unspecified atom stereocenters. The lowest BCUT2D eigenvalue weighted by molar-refractivity contribution is -0.139. The third kappa shape index (κ3) is 4.66. The molecule has 1 heterocycles. The van der Waals surface area contributed by atoms with Crippen LogP contribution in [0, 0.1) is 0 Å². The summed E-state index contributed by atoms with van der Waals surface area (Å²) in [4.78, 5) is 40.4. The highest BCUT2D eigenvalue weighted by Crippen LogP contribution is 2.35. The first-order chi connectivity index (χ1) is 13.3. The Balaban J connectivity index is 1.73. The van der Waals surface area contributed by atoms with Gasteiger partial charge in [0, 0.05) is 6.42 Å². The molecular formula is C19H14Br2N2O5. The molecule has 0 saturated carbocycles. The summed E-state index contributed by atoms with van der Waals surface area (Å²) < 4.78 is 6.27. The van der Waals surface area contributed by atoms with Gasteiger partial charge in [-0.2, -0.15) is 4.99 Å². The minimum atomic E-state index is -1.09. The summed E-state index contributed by atoms with van der Waals surface area (Å²) in [6.07, 6.45) is 0.159. The quantitative estimate of drug-likeness (QED) is 0.612. The number of hydrogen-bond acceptors (Lipinski definition) is 4. The summed E-state index contributed by atoms with van der Waals surface area (Å²) in [5.41, 5.74) is 1.70. The van der Waals surface area contributed by atoms with E-state index < -0.39 is 24.5 Å². The average molecular weight is 510 g/mol. The maximum Gasteiger partial charge on any atom is 0.351 e. The zero-order chi connectivity index (χ0) is 20.3. The summed E-state index contributed by atoms with van der Waals surface area (Å²) in [6, 6.07) is 12.0. The first kappa shape index (κ1) is 20.2. The Morgan fingerprint density at radius 1 is 1.07 bits per heavy atom. The van der Waals surface area contributed by atoms with Gasteiger partial charge >= 0.3 is 12.0 Å². The van der Waals surface area contributed by atoms with Crippen LogP contribution < -0.4 is 4.74 Å². The van der Waals surface area contributed by atoms with Crippen LogP contribution in [0.1, 0.15) is 11.1 Å². The zero-order valence-corrected chi connectivity index (χ0v) is 17.6. The zero-order valence-electron chi connectivity index (χ0n) is 14.4. The number of carbonyl (C=O) groups is 3. The number of ether oxygens (including phenoxy) is 1. The van der Waals surface area contributed by atoms with Gasteiger partial charge in [-0.25, -0.2) is 9.59 Å². The molecule has 3 rings (SSSR count). The Morgan fingerprint density at radius 2 is 1.71 bits per heavy atom. The molecule has 0 atom stereocenters. The van der Waals surface area contributed by atoms with Crippen LogP contribution in [0.3, 0.4) is 0 Å². The van der Waals surface area contributed by atoms with E-state index >= 15 is 0 Å². The predicted molar refractivity (Wildman–Crippen MR) is 108 cm³/mol. The average Bonchev–Trinajstić information content (AvgIpc) is 2.89. The van der Waals surface area contributed by atoms with Gasteiger partial charge < -0.3 is 9.84 Å². The van der Waals surface area contributed by atoms with Gasteiger partial charge in [0.2, 0.25) is 0 Å². The standard InChI is InChI=1S/C19H14Br2N2O5/c20-13-6-12(7-14(21)17(13)28-10-16(24)25)8-15-18(26)23(19(27)22-15)9-11-4-2-1-3-5-11/h1-7H,8-10H2,(H,24,25). The molecule has 7 nitrogen and oxygen atoms in total. The number of aliphatic imine (C=N–C) groups is 1. The second-order valence-electron chi connectivity index (χ2n) is 5.97. The van der Waals surface area contributed by atoms with Crippen LogP contribution >= 0.6 is 31.9 Å². The molecule has 2 aromatic rings. The van der Waals surface area contributed by atoms with E-state index in [4.69, 9.17) is 9.84 Å². The molecule has 2 aromatic carbocycles. The van der Waals surface area contributed by atoms with E-state index in [1.165, 1.54) is 0 Å². The topological polar surface area (TPSA) is 96.3 Å². The van der Waals surface area contributed by atoms with Crippen LogP contribution in [0.2, 0.25) is 0 Å². The molecule has 1 aliphatic rings. The molecule has 0 aromatic heterocycles. The van der Waals surface area contributed by atoms with Gasteiger partial charge in [0.15, 0.2) is 6.61 Å². The Bertz CT molecular complexity index is 953. The van der Waals surface area contributed by atoms with E-state index in [1.807, 2.05) is 30.3 Å². The van der Waals surface area contributed by atoms with E-state index in [1.54, 1.807) is 12.1 Å². The molecule has 0 bridgehead atoms. The molecule has 1 aliphatic heterocycles. The Morgan fingerprint density at radius 3 is 2.32 bits per heavy atom. The number of carboxylic acid groups (broad SMARTS) is 1. The van der Waals surface area contributed by atoms with Crippen molar-refractivity contribution in [1.82, 2.24) is 4.90 Å². The number of imide groups is 1. The van der Waals surface area contributed by atoms with Crippen molar-refractivity contribution in [2.75, 3.05) is 6.61 Å². The lowest BCUT2D eigenvalue weighted by atomic mass is 10.1. The van der Waals surface area contributed by atoms with E-state index in [0.717, 1.165) is 10.5 Å². The molecule has 144 valence electrons. The molecule has 0 radical (unpaired) electrons. The molecule has 0 spiro atoms. The second kappa shape index (κ2) is 8.66. The molecule has 1 N–H and O–H groups in total. The largest absolute Gasteiger partial charge is 0.480 e. The molecule has 9 heteroatoms. The van der Waals surface area contributed by atoms with Crippen molar-refractivity contribution in [3.8, 4) is 5.75 Å². The van der Waals surface area contributed by atoms with Crippen molar-refractivity contribution in [3.05, 3.63) is 62.5 Å². The number of nitrogens with zero attached hydrogens (tertiary/aromatic N) is 2. The number of rotatable bonds is 7. The van der Waals surface area contributed by atoms with Gasteiger partial charge in [0.1, 0.15) is 11.5 Å². The van der Waals surface area contributed by atoms with Crippen molar-refractivity contribution in [2.24, 2.45) is 4.99 Å². The van der Waals surface area contributed by atoms with Crippen molar-refractivity contribution in [3.63, 3.8) is 0 Å². The molecular weight excluding hydrogens is 496 g/mol. The number of halogens is 2. The highest BCUT2D eigenvalue weighted by molar-refractivity contribution is 9.11. The van der Waals surface area contributed by atoms with Gasteiger partial charge in [-0.05, 0) is 55.1 Å². The van der Waals surface area contributed by atoms with Gasteiger partial charge in [0.25, 0.3) is 5.91 Å². The number of aliphatic carboxylic acids is 1. The second-order valence-corrected chi connectivity index (χ2v) is 7.67. The van der Waals surface area contributed by atoms with Gasteiger partial charge in [-0.3, -0.25) is 9.69 Å². The first-order valence-corrected chi connectivity index (χ1v) is 9.73. The lowest BCUT2D eigenvalue weighted by Crippen LogP contribution is -2.32. The van der Waals surface area contributed by atoms with Crippen LogP contribution in [-0.4, -0.2) is 40.2 Å². The highest BCUT2D eigenvalue weighted by Gasteiger charge is 2.33. The number of carboxylic acids is 1. The van der Waals surface area contributed by atoms with E-state index in [2.05, 4.69) is 36.9 Å². The summed E-state index contributed by atoms with van der Waals surface area (Å²) in [7, 11) is 0. The number of urea groups is 1. The Kier molecular flexibility index (Phi) is 6.25. The van der Waals surface area contributed by atoms with Crippen molar-refractivity contribution < 1.29 is 24.2 Å². The number of amides is 3. The minimum absolute atomic E-state index is 0.152.